The first-order valence-electron chi connectivity index (χ1n) is 11.5. The standard InChI is InChI=1S/C27H21F3N4O3S/c1-16-7-9-20(17(2)35)23(11-16)37-15-19-13-33(32-31-19)14-26(36)34-21-5-3-4-6-24(21)38-25-10-8-18(12-22(25)34)27(28,29)30/h3-13H,14-15H2,1-2H3. The summed E-state index contributed by atoms with van der Waals surface area (Å²) in [5.41, 5.74) is 1.60. The van der Waals surface area contributed by atoms with Crippen LogP contribution >= 0.6 is 11.8 Å². The Morgan fingerprint density at radius 3 is 2.53 bits per heavy atom. The zero-order valence-corrected chi connectivity index (χ0v) is 21.1. The molecule has 4 aromatic rings. The van der Waals surface area contributed by atoms with Crippen LogP contribution in [0.5, 0.6) is 5.75 Å². The molecule has 0 fully saturated rings. The summed E-state index contributed by atoms with van der Waals surface area (Å²) in [5.74, 6) is -0.195. The highest BCUT2D eigenvalue weighted by Gasteiger charge is 2.35. The van der Waals surface area contributed by atoms with E-state index in [4.69, 9.17) is 4.74 Å². The van der Waals surface area contributed by atoms with Gasteiger partial charge in [-0.05, 0) is 61.9 Å². The Kier molecular flexibility index (Phi) is 6.70. The molecule has 5 rings (SSSR count). The quantitative estimate of drug-likeness (QED) is 0.272. The summed E-state index contributed by atoms with van der Waals surface area (Å²) in [6.07, 6.45) is -3.02. The number of nitrogens with zero attached hydrogens (tertiary/aromatic N) is 4. The van der Waals surface area contributed by atoms with Crippen molar-refractivity contribution in [3.8, 4) is 5.75 Å². The number of hydrogen-bond acceptors (Lipinski definition) is 6. The third kappa shape index (κ3) is 5.14. The second kappa shape index (κ2) is 9.97. The van der Waals surface area contributed by atoms with Crippen molar-refractivity contribution in [2.75, 3.05) is 4.90 Å². The van der Waals surface area contributed by atoms with E-state index < -0.39 is 17.6 Å². The first-order valence-corrected chi connectivity index (χ1v) is 12.4. The maximum Gasteiger partial charge on any atom is 0.416 e. The molecule has 11 heteroatoms. The average molecular weight is 539 g/mol. The number of ketones is 1. The number of benzene rings is 3. The van der Waals surface area contributed by atoms with Crippen LogP contribution in [0.1, 0.15) is 34.1 Å². The summed E-state index contributed by atoms with van der Waals surface area (Å²) in [6.45, 7) is 3.09. The molecule has 0 atom stereocenters. The molecule has 1 aliphatic rings. The van der Waals surface area contributed by atoms with Crippen LogP contribution < -0.4 is 9.64 Å². The predicted molar refractivity (Wildman–Crippen MR) is 135 cm³/mol. The number of carbonyl (C=O) groups is 2. The first-order chi connectivity index (χ1) is 18.1. The van der Waals surface area contributed by atoms with Crippen LogP contribution in [0.3, 0.4) is 0 Å². The molecule has 0 bridgehead atoms. The topological polar surface area (TPSA) is 77.3 Å². The fraction of sp³-hybridized carbons (Fsp3) is 0.185. The van der Waals surface area contributed by atoms with Crippen LogP contribution in [-0.4, -0.2) is 26.7 Å². The molecule has 0 radical (unpaired) electrons. The molecule has 3 aromatic carbocycles. The Bertz CT molecular complexity index is 1550. The number of aryl methyl sites for hydroxylation is 1. The summed E-state index contributed by atoms with van der Waals surface area (Å²) in [5, 5.41) is 8.04. The highest BCUT2D eigenvalue weighted by atomic mass is 32.2. The molecule has 0 unspecified atom stereocenters. The number of ether oxygens (including phenoxy) is 1. The lowest BCUT2D eigenvalue weighted by Crippen LogP contribution is -2.32. The van der Waals surface area contributed by atoms with E-state index in [9.17, 15) is 22.8 Å². The van der Waals surface area contributed by atoms with Gasteiger partial charge < -0.3 is 4.74 Å². The Morgan fingerprint density at radius 1 is 1.00 bits per heavy atom. The van der Waals surface area contributed by atoms with Crippen molar-refractivity contribution in [3.05, 3.63) is 89.2 Å². The lowest BCUT2D eigenvalue weighted by Gasteiger charge is -2.31. The van der Waals surface area contributed by atoms with Gasteiger partial charge in [0, 0.05) is 9.79 Å². The Morgan fingerprint density at radius 2 is 1.76 bits per heavy atom. The average Bonchev–Trinajstić information content (AvgIpc) is 3.32. The van der Waals surface area contributed by atoms with Crippen molar-refractivity contribution in [3.63, 3.8) is 0 Å². The number of alkyl halides is 3. The van der Waals surface area contributed by atoms with E-state index in [1.807, 2.05) is 19.1 Å². The molecule has 1 aliphatic heterocycles. The molecule has 0 N–H and O–H groups in total. The maximum atomic E-state index is 13.5. The van der Waals surface area contributed by atoms with Crippen LogP contribution in [0.2, 0.25) is 0 Å². The van der Waals surface area contributed by atoms with Gasteiger partial charge >= 0.3 is 6.18 Å². The van der Waals surface area contributed by atoms with Crippen molar-refractivity contribution in [2.24, 2.45) is 0 Å². The van der Waals surface area contributed by atoms with Crippen LogP contribution in [-0.2, 0) is 24.1 Å². The van der Waals surface area contributed by atoms with Crippen molar-refractivity contribution >= 4 is 34.8 Å². The van der Waals surface area contributed by atoms with Gasteiger partial charge in [0.1, 0.15) is 24.6 Å². The lowest BCUT2D eigenvalue weighted by molar-refractivity contribution is -0.137. The van der Waals surface area contributed by atoms with Crippen molar-refractivity contribution < 1.29 is 27.5 Å². The Balaban J connectivity index is 1.38. The molecule has 2 heterocycles. The summed E-state index contributed by atoms with van der Waals surface area (Å²) >= 11 is 1.31. The largest absolute Gasteiger partial charge is 0.486 e. The van der Waals surface area contributed by atoms with Crippen molar-refractivity contribution in [2.45, 2.75) is 43.0 Å². The minimum atomic E-state index is -4.55. The number of carbonyl (C=O) groups excluding carboxylic acids is 2. The molecule has 38 heavy (non-hydrogen) atoms. The summed E-state index contributed by atoms with van der Waals surface area (Å²) in [7, 11) is 0. The molecule has 194 valence electrons. The molecule has 7 nitrogen and oxygen atoms in total. The van der Waals surface area contributed by atoms with Gasteiger partial charge in [-0.3, -0.25) is 14.5 Å². The Hall–Kier alpha value is -4.12. The van der Waals surface area contributed by atoms with E-state index in [-0.39, 0.29) is 24.6 Å². The second-order valence-electron chi connectivity index (χ2n) is 8.73. The van der Waals surface area contributed by atoms with Crippen LogP contribution in [0.25, 0.3) is 0 Å². The number of amides is 1. The van der Waals surface area contributed by atoms with Crippen LogP contribution in [0.4, 0.5) is 24.5 Å². The van der Waals surface area contributed by atoms with Crippen molar-refractivity contribution in [1.29, 1.82) is 0 Å². The minimum absolute atomic E-state index is 0.0128. The number of para-hydroxylation sites is 1. The number of halogens is 3. The zero-order chi connectivity index (χ0) is 27.0. The number of fused-ring (bicyclic) bond motifs is 2. The smallest absolute Gasteiger partial charge is 0.416 e. The number of anilines is 2. The summed E-state index contributed by atoms with van der Waals surface area (Å²) < 4.78 is 47.5. The summed E-state index contributed by atoms with van der Waals surface area (Å²) in [6, 6.07) is 15.7. The monoisotopic (exact) mass is 538 g/mol. The molecule has 0 saturated carbocycles. The molecular formula is C27H21F3N4O3S. The molecule has 1 aromatic heterocycles. The molecule has 0 aliphatic carbocycles. The predicted octanol–water partition coefficient (Wildman–Crippen LogP) is 6.22. The van der Waals surface area contributed by atoms with Gasteiger partial charge in [0.25, 0.3) is 5.91 Å². The Labute approximate surface area is 220 Å². The van der Waals surface area contributed by atoms with Gasteiger partial charge in [0.05, 0.1) is 28.7 Å². The SMILES string of the molecule is CC(=O)c1ccc(C)cc1OCc1cn(CC(=O)N2c3ccccc3Sc3ccc(C(F)(F)F)cc32)nn1. The molecule has 1 amide bonds. The van der Waals surface area contributed by atoms with Gasteiger partial charge in [-0.15, -0.1) is 5.10 Å². The second-order valence-corrected chi connectivity index (χ2v) is 9.81. The van der Waals surface area contributed by atoms with Crippen molar-refractivity contribution in [1.82, 2.24) is 15.0 Å². The van der Waals surface area contributed by atoms with E-state index in [0.717, 1.165) is 22.6 Å². The number of hydrogen-bond donors (Lipinski definition) is 0. The molecule has 0 spiro atoms. The fourth-order valence-corrected chi connectivity index (χ4v) is 5.12. The molecular weight excluding hydrogens is 517 g/mol. The maximum absolute atomic E-state index is 13.5. The summed E-state index contributed by atoms with van der Waals surface area (Å²) in [4.78, 5) is 28.0. The van der Waals surface area contributed by atoms with E-state index in [1.54, 1.807) is 30.3 Å². The van der Waals surface area contributed by atoms with Crippen LogP contribution in [0.15, 0.2) is 76.7 Å². The highest BCUT2D eigenvalue weighted by molar-refractivity contribution is 7.99. The van der Waals surface area contributed by atoms with E-state index in [0.29, 0.717) is 27.6 Å². The van der Waals surface area contributed by atoms with E-state index in [2.05, 4.69) is 10.3 Å². The van der Waals surface area contributed by atoms with Gasteiger partial charge in [-0.25, -0.2) is 4.68 Å². The fourth-order valence-electron chi connectivity index (χ4n) is 4.08. The zero-order valence-electron chi connectivity index (χ0n) is 20.3. The van der Waals surface area contributed by atoms with Crippen LogP contribution in [0, 0.1) is 6.92 Å². The normalized spacial score (nSPS) is 12.6. The van der Waals surface area contributed by atoms with Gasteiger partial charge in [0.2, 0.25) is 0 Å². The van der Waals surface area contributed by atoms with E-state index >= 15 is 0 Å². The first kappa shape index (κ1) is 25.5. The lowest BCUT2D eigenvalue weighted by atomic mass is 10.1. The number of aromatic nitrogens is 3. The number of Topliss-reactive ketones (excluding diaryl/α,β-unsaturated/α-hetero) is 1. The van der Waals surface area contributed by atoms with Gasteiger partial charge in [-0.1, -0.05) is 35.2 Å². The number of rotatable bonds is 6. The minimum Gasteiger partial charge on any atom is -0.486 e. The highest BCUT2D eigenvalue weighted by Crippen LogP contribution is 2.49. The van der Waals surface area contributed by atoms with Gasteiger partial charge in [0.15, 0.2) is 5.78 Å². The third-order valence-corrected chi connectivity index (χ3v) is 7.01. The third-order valence-electron chi connectivity index (χ3n) is 5.88. The van der Waals surface area contributed by atoms with E-state index in [1.165, 1.54) is 40.5 Å². The molecule has 0 saturated heterocycles. The van der Waals surface area contributed by atoms with Gasteiger partial charge in [-0.2, -0.15) is 13.2 Å².